The van der Waals surface area contributed by atoms with Crippen molar-refractivity contribution < 1.29 is 9.53 Å². The summed E-state index contributed by atoms with van der Waals surface area (Å²) in [4.78, 5) is 22.3. The molecule has 0 radical (unpaired) electrons. The minimum atomic E-state index is 0.179. The zero-order valence-corrected chi connectivity index (χ0v) is 22.1. The van der Waals surface area contributed by atoms with Gasteiger partial charge in [0.25, 0.3) is 5.91 Å². The molecular weight excluding hydrogens is 458 g/mol. The van der Waals surface area contributed by atoms with E-state index in [0.29, 0.717) is 6.61 Å². The highest BCUT2D eigenvalue weighted by Crippen LogP contribution is 2.39. The van der Waals surface area contributed by atoms with Crippen molar-refractivity contribution in [1.29, 1.82) is 0 Å². The number of hydrogen-bond donors (Lipinski definition) is 0. The number of ether oxygens (including phenoxy) is 1. The fraction of sp³-hybridized carbons (Fsp3) is 0.438. The maximum Gasteiger partial charge on any atom is 0.254 e. The first-order valence-corrected chi connectivity index (χ1v) is 13.8. The van der Waals surface area contributed by atoms with Crippen LogP contribution in [-0.2, 0) is 13.0 Å². The second-order valence-corrected chi connectivity index (χ2v) is 10.8. The summed E-state index contributed by atoms with van der Waals surface area (Å²) in [7, 11) is 0. The molecule has 194 valence electrons. The predicted octanol–water partition coefficient (Wildman–Crippen LogP) is 5.92. The van der Waals surface area contributed by atoms with E-state index in [9.17, 15) is 4.79 Å². The quantitative estimate of drug-likeness (QED) is 0.451. The Morgan fingerprint density at radius 2 is 1.76 bits per heavy atom. The first-order chi connectivity index (χ1) is 18.1. The van der Waals surface area contributed by atoms with Crippen molar-refractivity contribution in [3.05, 3.63) is 95.3 Å². The van der Waals surface area contributed by atoms with Crippen molar-refractivity contribution in [3.63, 3.8) is 0 Å². The van der Waals surface area contributed by atoms with E-state index in [-0.39, 0.29) is 11.3 Å². The van der Waals surface area contributed by atoms with Gasteiger partial charge < -0.3 is 9.64 Å². The lowest BCUT2D eigenvalue weighted by molar-refractivity contribution is 0.0360. The second kappa shape index (κ2) is 11.9. The lowest BCUT2D eigenvalue weighted by Crippen LogP contribution is -2.48. The molecule has 5 nitrogen and oxygen atoms in total. The highest BCUT2D eigenvalue weighted by atomic mass is 16.5. The summed E-state index contributed by atoms with van der Waals surface area (Å²) in [5.41, 5.74) is 4.66. The van der Waals surface area contributed by atoms with Crippen LogP contribution in [0.1, 0.15) is 59.2 Å². The summed E-state index contributed by atoms with van der Waals surface area (Å²) in [5, 5.41) is 0. The predicted molar refractivity (Wildman–Crippen MR) is 148 cm³/mol. The topological polar surface area (TPSA) is 45.7 Å². The number of pyridine rings is 1. The monoisotopic (exact) mass is 497 g/mol. The van der Waals surface area contributed by atoms with Gasteiger partial charge in [0, 0.05) is 50.7 Å². The van der Waals surface area contributed by atoms with Gasteiger partial charge in [0.1, 0.15) is 12.4 Å². The molecule has 1 amide bonds. The summed E-state index contributed by atoms with van der Waals surface area (Å²) in [5.74, 6) is 1.21. The lowest BCUT2D eigenvalue weighted by Gasteiger charge is -2.45. The van der Waals surface area contributed by atoms with Crippen LogP contribution >= 0.6 is 0 Å². The van der Waals surface area contributed by atoms with Gasteiger partial charge in [0.2, 0.25) is 0 Å². The Morgan fingerprint density at radius 3 is 2.57 bits per heavy atom. The van der Waals surface area contributed by atoms with Gasteiger partial charge in [-0.3, -0.25) is 14.7 Å². The average molecular weight is 498 g/mol. The normalized spacial score (nSPS) is 18.8. The molecule has 0 atom stereocenters. The lowest BCUT2D eigenvalue weighted by atomic mass is 9.73. The molecule has 2 aromatic carbocycles. The Kier molecular flexibility index (Phi) is 8.20. The Balaban J connectivity index is 1.33. The van der Waals surface area contributed by atoms with Gasteiger partial charge in [-0.25, -0.2) is 0 Å². The maximum absolute atomic E-state index is 13.3. The first kappa shape index (κ1) is 25.5. The molecule has 37 heavy (non-hydrogen) atoms. The standard InChI is InChI=1S/C32H39N3O2/c1-26-9-2-4-13-29(26)31(36)35-19-16-32(17-20-35)15-7-6-12-28-11-3-5-14-30(28)37-22-21-34(25-32)24-27-10-8-18-33-23-27/h2-5,8-11,13-14,18,23H,6-7,12,15-17,19-22,24-25H2,1H3. The van der Waals surface area contributed by atoms with Gasteiger partial charge in [-0.1, -0.05) is 48.9 Å². The number of aryl methyl sites for hydroxylation is 2. The van der Waals surface area contributed by atoms with E-state index >= 15 is 0 Å². The fourth-order valence-corrected chi connectivity index (χ4v) is 6.04. The summed E-state index contributed by atoms with van der Waals surface area (Å²) < 4.78 is 6.30. The van der Waals surface area contributed by atoms with E-state index in [1.54, 1.807) is 0 Å². The van der Waals surface area contributed by atoms with Crippen LogP contribution in [0.5, 0.6) is 5.75 Å². The minimum absolute atomic E-state index is 0.179. The van der Waals surface area contributed by atoms with Gasteiger partial charge in [-0.15, -0.1) is 0 Å². The molecule has 0 unspecified atom stereocenters. The highest BCUT2D eigenvalue weighted by Gasteiger charge is 2.37. The highest BCUT2D eigenvalue weighted by molar-refractivity contribution is 5.95. The van der Waals surface area contributed by atoms with Crippen LogP contribution < -0.4 is 4.74 Å². The molecule has 5 heteroatoms. The number of para-hydroxylation sites is 1. The number of amides is 1. The Labute approximate surface area is 221 Å². The number of rotatable bonds is 3. The molecule has 3 aromatic rings. The van der Waals surface area contributed by atoms with Crippen LogP contribution in [0, 0.1) is 12.3 Å². The molecular formula is C32H39N3O2. The largest absolute Gasteiger partial charge is 0.492 e. The maximum atomic E-state index is 13.3. The average Bonchev–Trinajstić information content (AvgIpc) is 2.92. The van der Waals surface area contributed by atoms with E-state index in [1.165, 1.54) is 24.0 Å². The molecule has 5 rings (SSSR count). The van der Waals surface area contributed by atoms with Crippen LogP contribution in [-0.4, -0.2) is 53.5 Å². The van der Waals surface area contributed by atoms with Crippen molar-refractivity contribution in [3.8, 4) is 5.75 Å². The van der Waals surface area contributed by atoms with Gasteiger partial charge in [0.15, 0.2) is 0 Å². The number of hydrogen-bond acceptors (Lipinski definition) is 4. The molecule has 0 N–H and O–H groups in total. The molecule has 0 aliphatic carbocycles. The third-order valence-corrected chi connectivity index (χ3v) is 8.22. The van der Waals surface area contributed by atoms with Gasteiger partial charge >= 0.3 is 0 Å². The third-order valence-electron chi connectivity index (χ3n) is 8.22. The summed E-state index contributed by atoms with van der Waals surface area (Å²) in [6.45, 7) is 7.12. The van der Waals surface area contributed by atoms with E-state index in [2.05, 4.69) is 45.1 Å². The molecule has 1 saturated heterocycles. The molecule has 0 saturated carbocycles. The number of piperidine rings is 1. The number of benzene rings is 2. The van der Waals surface area contributed by atoms with E-state index in [1.807, 2.05) is 49.6 Å². The number of carbonyl (C=O) groups is 1. The van der Waals surface area contributed by atoms with Crippen molar-refractivity contribution in [1.82, 2.24) is 14.8 Å². The first-order valence-electron chi connectivity index (χ1n) is 13.8. The Bertz CT molecular complexity index is 1170. The van der Waals surface area contributed by atoms with Crippen molar-refractivity contribution in [2.24, 2.45) is 5.41 Å². The number of carbonyl (C=O) groups excluding carboxylic acids is 1. The van der Waals surface area contributed by atoms with Crippen LogP contribution in [0.4, 0.5) is 0 Å². The second-order valence-electron chi connectivity index (χ2n) is 10.8. The Morgan fingerprint density at radius 1 is 0.946 bits per heavy atom. The fourth-order valence-electron chi connectivity index (χ4n) is 6.04. The minimum Gasteiger partial charge on any atom is -0.492 e. The summed E-state index contributed by atoms with van der Waals surface area (Å²) in [6, 6.07) is 20.6. The van der Waals surface area contributed by atoms with Gasteiger partial charge in [0.05, 0.1) is 0 Å². The van der Waals surface area contributed by atoms with Crippen LogP contribution in [0.25, 0.3) is 0 Å². The molecule has 2 aliphatic heterocycles. The molecule has 1 fully saturated rings. The molecule has 3 heterocycles. The molecule has 1 aromatic heterocycles. The van der Waals surface area contributed by atoms with Crippen molar-refractivity contribution in [2.75, 3.05) is 32.8 Å². The number of fused-ring (bicyclic) bond motifs is 1. The van der Waals surface area contributed by atoms with Gasteiger partial charge in [-0.2, -0.15) is 0 Å². The smallest absolute Gasteiger partial charge is 0.254 e. The molecule has 0 bridgehead atoms. The SMILES string of the molecule is Cc1ccccc1C(=O)N1CCC2(CCCCc3ccccc3OCCN(Cc3cccnc3)C2)CC1. The van der Waals surface area contributed by atoms with Crippen molar-refractivity contribution in [2.45, 2.75) is 52.0 Å². The summed E-state index contributed by atoms with van der Waals surface area (Å²) >= 11 is 0. The zero-order valence-electron chi connectivity index (χ0n) is 22.1. The molecule has 2 aliphatic rings. The molecule has 1 spiro atoms. The Hall–Kier alpha value is -3.18. The van der Waals surface area contributed by atoms with E-state index in [0.717, 1.165) is 75.3 Å². The zero-order chi connectivity index (χ0) is 25.5. The third kappa shape index (κ3) is 6.40. The summed E-state index contributed by atoms with van der Waals surface area (Å²) in [6.07, 6.45) is 10.5. The number of aromatic nitrogens is 1. The van der Waals surface area contributed by atoms with Crippen LogP contribution in [0.3, 0.4) is 0 Å². The van der Waals surface area contributed by atoms with Crippen molar-refractivity contribution >= 4 is 5.91 Å². The van der Waals surface area contributed by atoms with Crippen LogP contribution in [0.2, 0.25) is 0 Å². The number of likely N-dealkylation sites (tertiary alicyclic amines) is 1. The van der Waals surface area contributed by atoms with Crippen LogP contribution in [0.15, 0.2) is 73.1 Å². The van der Waals surface area contributed by atoms with E-state index < -0.39 is 0 Å². The van der Waals surface area contributed by atoms with Gasteiger partial charge in [-0.05, 0) is 79.3 Å². The number of nitrogens with zero attached hydrogens (tertiary/aromatic N) is 3. The van der Waals surface area contributed by atoms with E-state index in [4.69, 9.17) is 4.74 Å².